The summed E-state index contributed by atoms with van der Waals surface area (Å²) in [5.41, 5.74) is 4.07. The van der Waals surface area contributed by atoms with Crippen molar-refractivity contribution in [1.29, 1.82) is 0 Å². The number of anilines is 1. The number of nitrogens with one attached hydrogen (secondary N) is 1. The second-order valence-electron chi connectivity index (χ2n) is 7.87. The molecule has 0 spiro atoms. The van der Waals surface area contributed by atoms with E-state index in [0.29, 0.717) is 28.2 Å². The molecule has 0 saturated carbocycles. The number of ether oxygens (including phenoxy) is 1. The summed E-state index contributed by atoms with van der Waals surface area (Å²) in [6, 6.07) is 11.1. The Morgan fingerprint density at radius 1 is 1.18 bits per heavy atom. The van der Waals surface area contributed by atoms with E-state index < -0.39 is 11.9 Å². The highest BCUT2D eigenvalue weighted by Gasteiger charge is 2.20. The summed E-state index contributed by atoms with van der Waals surface area (Å²) in [5, 5.41) is 12.1. The van der Waals surface area contributed by atoms with Gasteiger partial charge >= 0.3 is 5.97 Å². The van der Waals surface area contributed by atoms with E-state index in [1.54, 1.807) is 19.1 Å². The number of carboxylic acids is 1. The minimum Gasteiger partial charge on any atom is -0.496 e. The molecule has 2 aromatic heterocycles. The van der Waals surface area contributed by atoms with Crippen molar-refractivity contribution in [2.75, 3.05) is 12.4 Å². The van der Waals surface area contributed by atoms with Crippen molar-refractivity contribution in [2.45, 2.75) is 20.3 Å². The first-order valence-electron chi connectivity index (χ1n) is 10.3. The minimum absolute atomic E-state index is 0.0598. The normalized spacial score (nSPS) is 11.0. The standard InChI is InChI=1S/C25H21ClFN3O4/c1-13-4-7-22-29-24(15-5-6-18(27)14(2)8-15)20(30(22)12-13)11-23(31)28-19-10-21(34-3)16(25(32)33)9-17(19)26/h4-10,12H,11H2,1-3H3,(H,28,31)(H,32,33). The number of methoxy groups -OCH3 is 1. The topological polar surface area (TPSA) is 92.9 Å². The number of carbonyl (C=O) groups excluding carboxylic acids is 1. The largest absolute Gasteiger partial charge is 0.496 e. The van der Waals surface area contributed by atoms with E-state index in [1.807, 2.05) is 29.7 Å². The van der Waals surface area contributed by atoms with Crippen molar-refractivity contribution >= 4 is 34.8 Å². The number of fused-ring (bicyclic) bond motifs is 1. The van der Waals surface area contributed by atoms with Crippen LogP contribution in [-0.2, 0) is 11.2 Å². The Hall–Kier alpha value is -3.91. The van der Waals surface area contributed by atoms with Crippen molar-refractivity contribution in [3.8, 4) is 17.0 Å². The number of hydrogen-bond donors (Lipinski definition) is 2. The van der Waals surface area contributed by atoms with Crippen LogP contribution in [0.15, 0.2) is 48.7 Å². The number of carbonyl (C=O) groups is 2. The lowest BCUT2D eigenvalue weighted by atomic mass is 10.1. The predicted octanol–water partition coefficient (Wildman–Crippen LogP) is 5.30. The smallest absolute Gasteiger partial charge is 0.339 e. The van der Waals surface area contributed by atoms with Gasteiger partial charge in [0.15, 0.2) is 0 Å². The second kappa shape index (κ2) is 9.15. The molecule has 4 rings (SSSR count). The van der Waals surface area contributed by atoms with Crippen LogP contribution >= 0.6 is 11.6 Å². The van der Waals surface area contributed by atoms with Gasteiger partial charge in [-0.3, -0.25) is 4.79 Å². The molecule has 0 aliphatic carbocycles. The Morgan fingerprint density at radius 3 is 2.62 bits per heavy atom. The Bertz CT molecular complexity index is 1450. The molecular formula is C25H21ClFN3O4. The lowest BCUT2D eigenvalue weighted by Gasteiger charge is -2.12. The number of aromatic carboxylic acids is 1. The van der Waals surface area contributed by atoms with E-state index in [2.05, 4.69) is 10.3 Å². The van der Waals surface area contributed by atoms with E-state index in [9.17, 15) is 19.1 Å². The summed E-state index contributed by atoms with van der Waals surface area (Å²) in [4.78, 5) is 29.1. The molecular weight excluding hydrogens is 461 g/mol. The number of imidazole rings is 1. The van der Waals surface area contributed by atoms with Gasteiger partial charge in [-0.15, -0.1) is 0 Å². The third kappa shape index (κ3) is 4.45. The molecule has 0 atom stereocenters. The monoisotopic (exact) mass is 481 g/mol. The van der Waals surface area contributed by atoms with E-state index in [0.717, 1.165) is 5.56 Å². The molecule has 2 N–H and O–H groups in total. The van der Waals surface area contributed by atoms with E-state index in [1.165, 1.54) is 25.3 Å². The Balaban J connectivity index is 1.73. The van der Waals surface area contributed by atoms with Gasteiger partial charge < -0.3 is 19.6 Å². The lowest BCUT2D eigenvalue weighted by Crippen LogP contribution is -2.17. The molecule has 4 aromatic rings. The van der Waals surface area contributed by atoms with Gasteiger partial charge in [-0.25, -0.2) is 14.2 Å². The average molecular weight is 482 g/mol. The van der Waals surface area contributed by atoms with Gasteiger partial charge in [0.1, 0.15) is 22.8 Å². The minimum atomic E-state index is -1.20. The SMILES string of the molecule is COc1cc(NC(=O)Cc2c(-c3ccc(F)c(C)c3)nc3ccc(C)cn23)c(Cl)cc1C(=O)O. The van der Waals surface area contributed by atoms with Gasteiger partial charge in [-0.1, -0.05) is 17.7 Å². The Labute approximate surface area is 199 Å². The van der Waals surface area contributed by atoms with Crippen LogP contribution in [0.1, 0.15) is 27.2 Å². The maximum atomic E-state index is 13.9. The number of halogens is 2. The molecule has 0 bridgehead atoms. The molecule has 0 aliphatic heterocycles. The zero-order valence-electron chi connectivity index (χ0n) is 18.6. The van der Waals surface area contributed by atoms with Crippen LogP contribution in [-0.4, -0.2) is 33.5 Å². The van der Waals surface area contributed by atoms with Crippen LogP contribution in [0.25, 0.3) is 16.9 Å². The fraction of sp³-hybridized carbons (Fsp3) is 0.160. The van der Waals surface area contributed by atoms with Gasteiger partial charge in [-0.05, 0) is 55.3 Å². The number of amides is 1. The number of benzene rings is 2. The van der Waals surface area contributed by atoms with Crippen LogP contribution in [0.5, 0.6) is 5.75 Å². The van der Waals surface area contributed by atoms with Gasteiger partial charge in [0.25, 0.3) is 0 Å². The Kier molecular flexibility index (Phi) is 6.26. The third-order valence-corrected chi connectivity index (χ3v) is 5.73. The van der Waals surface area contributed by atoms with Crippen LogP contribution in [0.2, 0.25) is 5.02 Å². The van der Waals surface area contributed by atoms with Gasteiger partial charge in [-0.2, -0.15) is 0 Å². The molecule has 0 unspecified atom stereocenters. The molecule has 2 aromatic carbocycles. The predicted molar refractivity (Wildman–Crippen MR) is 127 cm³/mol. The lowest BCUT2D eigenvalue weighted by molar-refractivity contribution is -0.115. The molecule has 0 aliphatic rings. The van der Waals surface area contributed by atoms with E-state index in [4.69, 9.17) is 16.3 Å². The van der Waals surface area contributed by atoms with Crippen LogP contribution in [0, 0.1) is 19.7 Å². The zero-order chi connectivity index (χ0) is 24.6. The molecule has 1 amide bonds. The number of hydrogen-bond acceptors (Lipinski definition) is 4. The quantitative estimate of drug-likeness (QED) is 0.390. The highest BCUT2D eigenvalue weighted by atomic mass is 35.5. The molecule has 0 fully saturated rings. The molecule has 0 radical (unpaired) electrons. The molecule has 2 heterocycles. The van der Waals surface area contributed by atoms with Crippen molar-refractivity contribution in [3.05, 3.63) is 81.9 Å². The highest BCUT2D eigenvalue weighted by molar-refractivity contribution is 6.34. The van der Waals surface area contributed by atoms with Gasteiger partial charge in [0, 0.05) is 17.8 Å². The van der Waals surface area contributed by atoms with Crippen molar-refractivity contribution in [3.63, 3.8) is 0 Å². The zero-order valence-corrected chi connectivity index (χ0v) is 19.4. The van der Waals surface area contributed by atoms with Crippen molar-refractivity contribution in [1.82, 2.24) is 9.38 Å². The number of rotatable bonds is 6. The van der Waals surface area contributed by atoms with E-state index in [-0.39, 0.29) is 34.3 Å². The summed E-state index contributed by atoms with van der Waals surface area (Å²) >= 11 is 6.22. The summed E-state index contributed by atoms with van der Waals surface area (Å²) in [6.07, 6.45) is 1.82. The van der Waals surface area contributed by atoms with Crippen LogP contribution in [0.3, 0.4) is 0 Å². The first-order valence-corrected chi connectivity index (χ1v) is 10.7. The molecule has 0 saturated heterocycles. The van der Waals surface area contributed by atoms with Crippen LogP contribution < -0.4 is 10.1 Å². The second-order valence-corrected chi connectivity index (χ2v) is 8.28. The van der Waals surface area contributed by atoms with Crippen molar-refractivity contribution in [2.24, 2.45) is 0 Å². The maximum absolute atomic E-state index is 13.9. The number of aryl methyl sites for hydroxylation is 2. The average Bonchev–Trinajstić information content (AvgIpc) is 3.14. The molecule has 7 nitrogen and oxygen atoms in total. The summed E-state index contributed by atoms with van der Waals surface area (Å²) in [6.45, 7) is 3.60. The highest BCUT2D eigenvalue weighted by Crippen LogP contribution is 2.32. The summed E-state index contributed by atoms with van der Waals surface area (Å²) < 4.78 is 20.8. The fourth-order valence-corrected chi connectivity index (χ4v) is 3.93. The number of carboxylic acid groups (broad SMARTS) is 1. The first-order chi connectivity index (χ1) is 16.2. The van der Waals surface area contributed by atoms with Gasteiger partial charge in [0.2, 0.25) is 5.91 Å². The summed E-state index contributed by atoms with van der Waals surface area (Å²) in [7, 11) is 1.33. The summed E-state index contributed by atoms with van der Waals surface area (Å²) in [5.74, 6) is -1.84. The first kappa shape index (κ1) is 23.3. The third-order valence-electron chi connectivity index (χ3n) is 5.42. The fourth-order valence-electron chi connectivity index (χ4n) is 3.72. The Morgan fingerprint density at radius 2 is 1.94 bits per heavy atom. The number of aromatic nitrogens is 2. The molecule has 9 heteroatoms. The number of nitrogens with zero attached hydrogens (tertiary/aromatic N) is 2. The van der Waals surface area contributed by atoms with E-state index >= 15 is 0 Å². The maximum Gasteiger partial charge on any atom is 0.339 e. The number of pyridine rings is 1. The molecule has 34 heavy (non-hydrogen) atoms. The van der Waals surface area contributed by atoms with Gasteiger partial charge in [0.05, 0.1) is 35.6 Å². The van der Waals surface area contributed by atoms with Crippen LogP contribution in [0.4, 0.5) is 10.1 Å². The van der Waals surface area contributed by atoms with Crippen molar-refractivity contribution < 1.29 is 23.8 Å². The molecule has 174 valence electrons.